The normalized spacial score (nSPS) is 11.0. The molecule has 0 saturated carbocycles. The van der Waals surface area contributed by atoms with Crippen LogP contribution in [0.3, 0.4) is 0 Å². The lowest BCUT2D eigenvalue weighted by Gasteiger charge is -2.04. The molecule has 0 atom stereocenters. The van der Waals surface area contributed by atoms with Gasteiger partial charge in [0.15, 0.2) is 16.1 Å². The lowest BCUT2D eigenvalue weighted by atomic mass is 10.2. The van der Waals surface area contributed by atoms with E-state index in [1.54, 1.807) is 11.3 Å². The van der Waals surface area contributed by atoms with Crippen LogP contribution in [0.4, 0.5) is 5.13 Å². The van der Waals surface area contributed by atoms with Crippen molar-refractivity contribution in [3.05, 3.63) is 51.5 Å². The molecule has 6 nitrogen and oxygen atoms in total. The van der Waals surface area contributed by atoms with E-state index in [2.05, 4.69) is 39.7 Å². The Balaban J connectivity index is 1.38. The Morgan fingerprint density at radius 1 is 1.14 bits per heavy atom. The van der Waals surface area contributed by atoms with Gasteiger partial charge in [-0.2, -0.15) is 0 Å². The predicted molar refractivity (Wildman–Crippen MR) is 121 cm³/mol. The number of nitrogens with one attached hydrogen (secondary N) is 1. The largest absolute Gasteiger partial charge is 0.305 e. The maximum atomic E-state index is 12.4. The summed E-state index contributed by atoms with van der Waals surface area (Å²) in [5.74, 6) is 0.951. The molecule has 0 fully saturated rings. The fourth-order valence-corrected chi connectivity index (χ4v) is 5.08. The first kappa shape index (κ1) is 19.8. The topological polar surface area (TPSA) is 72.7 Å². The summed E-state index contributed by atoms with van der Waals surface area (Å²) < 4.78 is 1.93. The number of rotatable bonds is 6. The van der Waals surface area contributed by atoms with Crippen LogP contribution < -0.4 is 5.32 Å². The SMILES string of the molecule is Cc1scc(-c2nnc(SCC(=O)Nc3nc(-c4ccccc4)cs3)n2C)c1C. The predicted octanol–water partition coefficient (Wildman–Crippen LogP) is 5.01. The molecule has 0 radical (unpaired) electrons. The van der Waals surface area contributed by atoms with Crippen LogP contribution in [0.5, 0.6) is 0 Å². The molecule has 0 unspecified atom stereocenters. The van der Waals surface area contributed by atoms with E-state index in [0.29, 0.717) is 10.3 Å². The van der Waals surface area contributed by atoms with Gasteiger partial charge in [0, 0.05) is 33.8 Å². The van der Waals surface area contributed by atoms with Crippen LogP contribution in [0.25, 0.3) is 22.6 Å². The summed E-state index contributed by atoms with van der Waals surface area (Å²) in [4.78, 5) is 18.1. The molecule has 148 valence electrons. The Hall–Kier alpha value is -2.49. The number of carbonyl (C=O) groups is 1. The van der Waals surface area contributed by atoms with Crippen molar-refractivity contribution in [2.45, 2.75) is 19.0 Å². The van der Waals surface area contributed by atoms with E-state index >= 15 is 0 Å². The molecule has 4 aromatic rings. The summed E-state index contributed by atoms with van der Waals surface area (Å²) in [7, 11) is 1.93. The van der Waals surface area contributed by atoms with Crippen molar-refractivity contribution in [1.82, 2.24) is 19.7 Å². The Bertz CT molecular complexity index is 1150. The number of thiazole rings is 1. The van der Waals surface area contributed by atoms with Gasteiger partial charge in [-0.25, -0.2) is 4.98 Å². The average Bonchev–Trinajstić information content (AvgIpc) is 3.42. The Morgan fingerprint density at radius 2 is 1.93 bits per heavy atom. The minimum atomic E-state index is -0.115. The highest BCUT2D eigenvalue weighted by Gasteiger charge is 2.16. The quantitative estimate of drug-likeness (QED) is 0.426. The lowest BCUT2D eigenvalue weighted by molar-refractivity contribution is -0.113. The van der Waals surface area contributed by atoms with Crippen molar-refractivity contribution in [2.24, 2.45) is 7.05 Å². The zero-order chi connectivity index (χ0) is 20.4. The molecule has 1 N–H and O–H groups in total. The summed E-state index contributed by atoms with van der Waals surface area (Å²) >= 11 is 4.49. The van der Waals surface area contributed by atoms with Crippen LogP contribution in [0.2, 0.25) is 0 Å². The number of benzene rings is 1. The van der Waals surface area contributed by atoms with Crippen LogP contribution in [-0.2, 0) is 11.8 Å². The van der Waals surface area contributed by atoms with Crippen molar-refractivity contribution in [3.8, 4) is 22.6 Å². The molecule has 3 aromatic heterocycles. The Morgan fingerprint density at radius 3 is 2.66 bits per heavy atom. The number of thioether (sulfide) groups is 1. The third-order valence-electron chi connectivity index (χ3n) is 4.51. The molecule has 0 bridgehead atoms. The van der Waals surface area contributed by atoms with E-state index in [4.69, 9.17) is 0 Å². The summed E-state index contributed by atoms with van der Waals surface area (Å²) in [6, 6.07) is 9.90. The second kappa shape index (κ2) is 8.48. The molecule has 3 heterocycles. The zero-order valence-corrected chi connectivity index (χ0v) is 18.6. The van der Waals surface area contributed by atoms with Crippen molar-refractivity contribution >= 4 is 45.5 Å². The van der Waals surface area contributed by atoms with Crippen molar-refractivity contribution < 1.29 is 4.79 Å². The minimum absolute atomic E-state index is 0.115. The van der Waals surface area contributed by atoms with Gasteiger partial charge in [0.25, 0.3) is 0 Å². The summed E-state index contributed by atoms with van der Waals surface area (Å²) in [5, 5.41) is 16.8. The molecule has 0 aliphatic carbocycles. The number of amides is 1. The van der Waals surface area contributed by atoms with Gasteiger partial charge in [-0.3, -0.25) is 4.79 Å². The number of hydrogen-bond acceptors (Lipinski definition) is 7. The van der Waals surface area contributed by atoms with E-state index in [-0.39, 0.29) is 11.7 Å². The third kappa shape index (κ3) is 4.26. The molecule has 0 spiro atoms. The second-order valence-corrected chi connectivity index (χ2v) is 9.32. The average molecular weight is 442 g/mol. The van der Waals surface area contributed by atoms with Gasteiger partial charge in [-0.15, -0.1) is 32.9 Å². The number of aromatic nitrogens is 4. The van der Waals surface area contributed by atoms with Crippen LogP contribution in [0.1, 0.15) is 10.4 Å². The van der Waals surface area contributed by atoms with Gasteiger partial charge in [0.1, 0.15) is 0 Å². The van der Waals surface area contributed by atoms with Gasteiger partial charge in [0.2, 0.25) is 5.91 Å². The standard InChI is InChI=1S/C20H19N5OS3/c1-12-13(2)27-9-15(12)18-23-24-20(25(18)3)29-11-17(26)22-19-21-16(10-28-19)14-7-5-4-6-8-14/h4-10H,11H2,1-3H3,(H,21,22,26). The van der Waals surface area contributed by atoms with Gasteiger partial charge >= 0.3 is 0 Å². The van der Waals surface area contributed by atoms with E-state index < -0.39 is 0 Å². The highest BCUT2D eigenvalue weighted by molar-refractivity contribution is 7.99. The van der Waals surface area contributed by atoms with Gasteiger partial charge in [-0.05, 0) is 19.4 Å². The van der Waals surface area contributed by atoms with Crippen molar-refractivity contribution in [2.75, 3.05) is 11.1 Å². The minimum Gasteiger partial charge on any atom is -0.305 e. The number of aryl methyl sites for hydroxylation is 1. The Labute approximate surface area is 181 Å². The number of thiophene rings is 1. The summed E-state index contributed by atoms with van der Waals surface area (Å²) in [6.45, 7) is 4.19. The molecule has 0 aliphatic rings. The van der Waals surface area contributed by atoms with Gasteiger partial charge in [-0.1, -0.05) is 42.1 Å². The summed E-state index contributed by atoms with van der Waals surface area (Å²) in [5.41, 5.74) is 4.20. The highest BCUT2D eigenvalue weighted by atomic mass is 32.2. The summed E-state index contributed by atoms with van der Waals surface area (Å²) in [6.07, 6.45) is 0. The molecular weight excluding hydrogens is 422 g/mol. The van der Waals surface area contributed by atoms with E-state index in [1.165, 1.54) is 33.5 Å². The molecule has 9 heteroatoms. The van der Waals surface area contributed by atoms with Crippen LogP contribution >= 0.6 is 34.4 Å². The van der Waals surface area contributed by atoms with E-state index in [0.717, 1.165) is 22.6 Å². The smallest absolute Gasteiger partial charge is 0.236 e. The second-order valence-electron chi connectivity index (χ2n) is 6.44. The van der Waals surface area contributed by atoms with Gasteiger partial charge in [0.05, 0.1) is 11.4 Å². The van der Waals surface area contributed by atoms with Crippen molar-refractivity contribution in [3.63, 3.8) is 0 Å². The molecular formula is C20H19N5OS3. The molecule has 4 rings (SSSR count). The maximum Gasteiger partial charge on any atom is 0.236 e. The number of anilines is 1. The van der Waals surface area contributed by atoms with E-state index in [9.17, 15) is 4.79 Å². The number of carbonyl (C=O) groups excluding carboxylic acids is 1. The first-order chi connectivity index (χ1) is 14.0. The lowest BCUT2D eigenvalue weighted by Crippen LogP contribution is -2.14. The molecule has 29 heavy (non-hydrogen) atoms. The zero-order valence-electron chi connectivity index (χ0n) is 16.2. The van der Waals surface area contributed by atoms with Gasteiger partial charge < -0.3 is 9.88 Å². The number of hydrogen-bond donors (Lipinski definition) is 1. The van der Waals surface area contributed by atoms with Crippen LogP contribution in [0, 0.1) is 13.8 Å². The number of nitrogens with zero attached hydrogens (tertiary/aromatic N) is 4. The highest BCUT2D eigenvalue weighted by Crippen LogP contribution is 2.31. The van der Waals surface area contributed by atoms with Crippen LogP contribution in [0.15, 0.2) is 46.2 Å². The van der Waals surface area contributed by atoms with E-state index in [1.807, 2.05) is 47.3 Å². The third-order valence-corrected chi connectivity index (χ3v) is 7.31. The molecule has 0 aliphatic heterocycles. The van der Waals surface area contributed by atoms with Crippen LogP contribution in [-0.4, -0.2) is 31.4 Å². The Kier molecular flexibility index (Phi) is 5.79. The molecule has 0 saturated heterocycles. The first-order valence-corrected chi connectivity index (χ1v) is 11.7. The molecule has 1 aromatic carbocycles. The fraction of sp³-hybridized carbons (Fsp3) is 0.200. The first-order valence-electron chi connectivity index (χ1n) is 8.91. The fourth-order valence-electron chi connectivity index (χ4n) is 2.77. The van der Waals surface area contributed by atoms with Crippen molar-refractivity contribution in [1.29, 1.82) is 0 Å². The maximum absolute atomic E-state index is 12.4. The monoisotopic (exact) mass is 441 g/mol. The molecule has 1 amide bonds.